The van der Waals surface area contributed by atoms with Crippen molar-refractivity contribution in [2.75, 3.05) is 25.0 Å². The Morgan fingerprint density at radius 3 is 2.85 bits per heavy atom. The SMILES string of the molecule is CN(CCc1ccccn1)c1ncccc1CNC(=O)[C@H]1CCC(=O)NC1. The molecule has 0 saturated carbocycles. The van der Waals surface area contributed by atoms with E-state index in [-0.39, 0.29) is 17.7 Å². The third kappa shape index (κ3) is 5.26. The van der Waals surface area contributed by atoms with Gasteiger partial charge in [-0.1, -0.05) is 12.1 Å². The Morgan fingerprint density at radius 1 is 1.26 bits per heavy atom. The average molecular weight is 367 g/mol. The molecule has 2 amide bonds. The van der Waals surface area contributed by atoms with Crippen molar-refractivity contribution in [2.45, 2.75) is 25.8 Å². The molecule has 1 fully saturated rings. The maximum Gasteiger partial charge on any atom is 0.225 e. The summed E-state index contributed by atoms with van der Waals surface area (Å²) in [7, 11) is 1.99. The van der Waals surface area contributed by atoms with Crippen molar-refractivity contribution in [3.63, 3.8) is 0 Å². The lowest BCUT2D eigenvalue weighted by Gasteiger charge is -2.23. The molecule has 0 spiro atoms. The Bertz CT molecular complexity index is 771. The fraction of sp³-hybridized carbons (Fsp3) is 0.400. The molecule has 3 rings (SSSR count). The van der Waals surface area contributed by atoms with E-state index in [9.17, 15) is 9.59 Å². The van der Waals surface area contributed by atoms with Gasteiger partial charge in [0.05, 0.1) is 5.92 Å². The second kappa shape index (κ2) is 9.12. The van der Waals surface area contributed by atoms with Gasteiger partial charge in [-0.15, -0.1) is 0 Å². The summed E-state index contributed by atoms with van der Waals surface area (Å²) >= 11 is 0. The Labute approximate surface area is 159 Å². The minimum Gasteiger partial charge on any atom is -0.359 e. The first-order valence-corrected chi connectivity index (χ1v) is 9.23. The summed E-state index contributed by atoms with van der Waals surface area (Å²) < 4.78 is 0. The van der Waals surface area contributed by atoms with Crippen LogP contribution in [-0.2, 0) is 22.6 Å². The lowest BCUT2D eigenvalue weighted by molar-refractivity contribution is -0.129. The molecule has 0 aliphatic carbocycles. The third-order valence-corrected chi connectivity index (χ3v) is 4.75. The number of carbonyl (C=O) groups excluding carboxylic acids is 2. The van der Waals surface area contributed by atoms with E-state index in [0.717, 1.165) is 30.0 Å². The highest BCUT2D eigenvalue weighted by atomic mass is 16.2. The van der Waals surface area contributed by atoms with E-state index in [0.29, 0.717) is 25.9 Å². The summed E-state index contributed by atoms with van der Waals surface area (Å²) in [6.45, 7) is 1.61. The third-order valence-electron chi connectivity index (χ3n) is 4.75. The number of amides is 2. The molecule has 7 heteroatoms. The molecule has 1 aliphatic rings. The minimum atomic E-state index is -0.162. The van der Waals surface area contributed by atoms with Gasteiger partial charge in [0.15, 0.2) is 0 Å². The van der Waals surface area contributed by atoms with Gasteiger partial charge >= 0.3 is 0 Å². The number of hydrogen-bond donors (Lipinski definition) is 2. The molecule has 0 radical (unpaired) electrons. The molecule has 27 heavy (non-hydrogen) atoms. The number of piperidine rings is 1. The van der Waals surface area contributed by atoms with Crippen LogP contribution in [0.1, 0.15) is 24.1 Å². The topological polar surface area (TPSA) is 87.2 Å². The van der Waals surface area contributed by atoms with E-state index in [4.69, 9.17) is 0 Å². The van der Waals surface area contributed by atoms with Crippen molar-refractivity contribution in [1.29, 1.82) is 0 Å². The van der Waals surface area contributed by atoms with Crippen molar-refractivity contribution in [2.24, 2.45) is 5.92 Å². The second-order valence-corrected chi connectivity index (χ2v) is 6.74. The van der Waals surface area contributed by atoms with Crippen LogP contribution in [0.5, 0.6) is 0 Å². The first-order chi connectivity index (χ1) is 13.1. The number of carbonyl (C=O) groups is 2. The largest absolute Gasteiger partial charge is 0.359 e. The molecule has 142 valence electrons. The number of nitrogens with one attached hydrogen (secondary N) is 2. The second-order valence-electron chi connectivity index (χ2n) is 6.74. The Hall–Kier alpha value is -2.96. The maximum atomic E-state index is 12.4. The number of likely N-dealkylation sites (N-methyl/N-ethyl adjacent to an activating group) is 1. The van der Waals surface area contributed by atoms with E-state index in [1.165, 1.54) is 0 Å². The zero-order chi connectivity index (χ0) is 19.1. The number of nitrogens with zero attached hydrogens (tertiary/aromatic N) is 3. The highest BCUT2D eigenvalue weighted by Gasteiger charge is 2.24. The lowest BCUT2D eigenvalue weighted by Crippen LogP contribution is -2.42. The van der Waals surface area contributed by atoms with Crippen LogP contribution in [0.15, 0.2) is 42.7 Å². The quantitative estimate of drug-likeness (QED) is 0.770. The lowest BCUT2D eigenvalue weighted by atomic mass is 9.98. The van der Waals surface area contributed by atoms with Crippen molar-refractivity contribution in [1.82, 2.24) is 20.6 Å². The summed E-state index contributed by atoms with van der Waals surface area (Å²) in [5.41, 5.74) is 2.00. The van der Waals surface area contributed by atoms with Gasteiger partial charge in [-0.25, -0.2) is 4.98 Å². The molecule has 2 aromatic rings. The van der Waals surface area contributed by atoms with E-state index in [1.54, 1.807) is 12.4 Å². The first-order valence-electron chi connectivity index (χ1n) is 9.23. The predicted molar refractivity (Wildman–Crippen MR) is 103 cm³/mol. The molecular formula is C20H25N5O2. The highest BCUT2D eigenvalue weighted by Crippen LogP contribution is 2.17. The van der Waals surface area contributed by atoms with Crippen molar-refractivity contribution in [3.8, 4) is 0 Å². The van der Waals surface area contributed by atoms with E-state index in [2.05, 4.69) is 25.5 Å². The van der Waals surface area contributed by atoms with Gasteiger partial charge in [-0.05, 0) is 24.6 Å². The van der Waals surface area contributed by atoms with E-state index < -0.39 is 0 Å². The Balaban J connectivity index is 1.56. The summed E-state index contributed by atoms with van der Waals surface area (Å²) in [5.74, 6) is 0.680. The van der Waals surface area contributed by atoms with Crippen molar-refractivity contribution in [3.05, 3.63) is 54.0 Å². The van der Waals surface area contributed by atoms with Gasteiger partial charge in [0, 0.05) is 63.2 Å². The number of rotatable bonds is 7. The van der Waals surface area contributed by atoms with Gasteiger partial charge in [0.25, 0.3) is 0 Å². The van der Waals surface area contributed by atoms with Crippen molar-refractivity contribution < 1.29 is 9.59 Å². The molecule has 0 unspecified atom stereocenters. The van der Waals surface area contributed by atoms with Gasteiger partial charge in [-0.3, -0.25) is 14.6 Å². The predicted octanol–water partition coefficient (Wildman–Crippen LogP) is 1.30. The smallest absolute Gasteiger partial charge is 0.225 e. The molecule has 2 aromatic heterocycles. The summed E-state index contributed by atoms with van der Waals surface area (Å²) in [6, 6.07) is 9.75. The molecule has 1 saturated heterocycles. The molecule has 2 N–H and O–H groups in total. The number of aromatic nitrogens is 2. The van der Waals surface area contributed by atoms with E-state index in [1.807, 2.05) is 37.4 Å². The summed E-state index contributed by atoms with van der Waals surface area (Å²) in [6.07, 6.45) is 5.38. The van der Waals surface area contributed by atoms with Crippen LogP contribution in [0, 0.1) is 5.92 Å². The van der Waals surface area contributed by atoms with Gasteiger partial charge in [0.1, 0.15) is 5.82 Å². The molecule has 1 atom stereocenters. The first kappa shape index (κ1) is 18.8. The van der Waals surface area contributed by atoms with Crippen LogP contribution in [0.25, 0.3) is 0 Å². The zero-order valence-corrected chi connectivity index (χ0v) is 15.5. The molecular weight excluding hydrogens is 342 g/mol. The molecule has 1 aliphatic heterocycles. The van der Waals surface area contributed by atoms with Crippen LogP contribution < -0.4 is 15.5 Å². The monoisotopic (exact) mass is 367 g/mol. The van der Waals surface area contributed by atoms with Crippen molar-refractivity contribution >= 4 is 17.6 Å². The van der Waals surface area contributed by atoms with Gasteiger partial charge < -0.3 is 15.5 Å². The number of hydrogen-bond acceptors (Lipinski definition) is 5. The summed E-state index contributed by atoms with van der Waals surface area (Å²) in [4.78, 5) is 34.5. The zero-order valence-electron chi connectivity index (χ0n) is 15.5. The maximum absolute atomic E-state index is 12.4. The van der Waals surface area contributed by atoms with E-state index >= 15 is 0 Å². The standard InChI is InChI=1S/C20H25N5O2/c1-25(12-9-17-6-2-3-10-21-17)19-15(5-4-11-22-19)13-24-20(27)16-7-8-18(26)23-14-16/h2-6,10-11,16H,7-9,12-14H2,1H3,(H,23,26)(H,24,27)/t16-/m0/s1. The molecule has 7 nitrogen and oxygen atoms in total. The molecule has 3 heterocycles. The highest BCUT2D eigenvalue weighted by molar-refractivity contribution is 5.83. The molecule has 0 aromatic carbocycles. The van der Waals surface area contributed by atoms with Crippen LogP contribution in [0.3, 0.4) is 0 Å². The van der Waals surface area contributed by atoms with Crippen LogP contribution in [0.4, 0.5) is 5.82 Å². The molecule has 0 bridgehead atoms. The normalized spacial score (nSPS) is 16.5. The van der Waals surface area contributed by atoms with Gasteiger partial charge in [0.2, 0.25) is 11.8 Å². The Kier molecular flexibility index (Phi) is 6.35. The number of anilines is 1. The fourth-order valence-electron chi connectivity index (χ4n) is 3.13. The fourth-order valence-corrected chi connectivity index (χ4v) is 3.13. The Morgan fingerprint density at radius 2 is 2.11 bits per heavy atom. The number of pyridine rings is 2. The van der Waals surface area contributed by atoms with Gasteiger partial charge in [-0.2, -0.15) is 0 Å². The summed E-state index contributed by atoms with van der Waals surface area (Å²) in [5, 5.41) is 5.73. The van der Waals surface area contributed by atoms with Crippen LogP contribution in [0.2, 0.25) is 0 Å². The minimum absolute atomic E-state index is 0.0168. The van der Waals surface area contributed by atoms with Crippen LogP contribution in [-0.4, -0.2) is 41.9 Å². The average Bonchev–Trinajstić information content (AvgIpc) is 2.71. The van der Waals surface area contributed by atoms with Crippen LogP contribution >= 0.6 is 0 Å².